The van der Waals surface area contributed by atoms with Gasteiger partial charge in [0.15, 0.2) is 0 Å². The van der Waals surface area contributed by atoms with Gasteiger partial charge in [0.2, 0.25) is 11.1 Å². The quantitative estimate of drug-likeness (QED) is 0.612. The van der Waals surface area contributed by atoms with Crippen LogP contribution in [0.2, 0.25) is 0 Å². The van der Waals surface area contributed by atoms with Crippen molar-refractivity contribution in [1.82, 2.24) is 14.9 Å². The van der Waals surface area contributed by atoms with E-state index < -0.39 is 5.56 Å². The first-order valence-corrected chi connectivity index (χ1v) is 7.14. The highest BCUT2D eigenvalue weighted by atomic mass is 32.2. The van der Waals surface area contributed by atoms with Crippen molar-refractivity contribution in [2.45, 2.75) is 12.1 Å². The molecule has 0 aliphatic carbocycles. The van der Waals surface area contributed by atoms with Crippen molar-refractivity contribution >= 4 is 23.4 Å². The lowest BCUT2D eigenvalue weighted by atomic mass is 10.2. The van der Waals surface area contributed by atoms with E-state index in [1.807, 2.05) is 6.07 Å². The molecule has 0 aliphatic heterocycles. The predicted octanol–water partition coefficient (Wildman–Crippen LogP) is 0.263. The lowest BCUT2D eigenvalue weighted by Crippen LogP contribution is -2.32. The van der Waals surface area contributed by atoms with Crippen molar-refractivity contribution in [1.29, 1.82) is 5.26 Å². The van der Waals surface area contributed by atoms with Gasteiger partial charge in [0.1, 0.15) is 5.69 Å². The average Bonchev–Trinajstić information content (AvgIpc) is 2.52. The topological polar surface area (TPSA) is 127 Å². The van der Waals surface area contributed by atoms with E-state index in [0.717, 1.165) is 16.4 Å². The Morgan fingerprint density at radius 2 is 2.27 bits per heavy atom. The van der Waals surface area contributed by atoms with E-state index in [1.165, 1.54) is 6.92 Å². The average molecular weight is 316 g/mol. The number of benzene rings is 1. The van der Waals surface area contributed by atoms with E-state index in [4.69, 9.17) is 11.1 Å². The number of aromatic nitrogens is 3. The molecule has 0 atom stereocenters. The standard InChI is InChI=1S/C13H12N6O2S/c1-8-12(21)19(15)13(18-17-8)22-7-11(20)16-10-4-2-3-9(5-10)6-14/h2-5H,7,15H2,1H3,(H,16,20). The molecular weight excluding hydrogens is 304 g/mol. The molecule has 9 heteroatoms. The Hall–Kier alpha value is -2.86. The minimum absolute atomic E-state index is 0.00512. The lowest BCUT2D eigenvalue weighted by molar-refractivity contribution is -0.113. The van der Waals surface area contributed by atoms with Crippen molar-refractivity contribution in [2.75, 3.05) is 16.9 Å². The maximum absolute atomic E-state index is 11.9. The third kappa shape index (κ3) is 3.62. The zero-order chi connectivity index (χ0) is 16.1. The summed E-state index contributed by atoms with van der Waals surface area (Å²) in [5.74, 6) is 5.27. The maximum Gasteiger partial charge on any atom is 0.294 e. The smallest absolute Gasteiger partial charge is 0.294 e. The molecule has 0 saturated heterocycles. The largest absolute Gasteiger partial charge is 0.334 e. The van der Waals surface area contributed by atoms with E-state index in [1.54, 1.807) is 24.3 Å². The first-order chi connectivity index (χ1) is 10.5. The minimum Gasteiger partial charge on any atom is -0.334 e. The molecule has 0 bridgehead atoms. The van der Waals surface area contributed by atoms with Gasteiger partial charge in [-0.25, -0.2) is 0 Å². The van der Waals surface area contributed by atoms with Gasteiger partial charge in [-0.15, -0.1) is 10.2 Å². The third-order valence-electron chi connectivity index (χ3n) is 2.63. The minimum atomic E-state index is -0.459. The summed E-state index contributed by atoms with van der Waals surface area (Å²) in [6, 6.07) is 8.53. The third-order valence-corrected chi connectivity index (χ3v) is 3.57. The first-order valence-electron chi connectivity index (χ1n) is 6.15. The van der Waals surface area contributed by atoms with Gasteiger partial charge in [0, 0.05) is 5.69 Å². The summed E-state index contributed by atoms with van der Waals surface area (Å²) in [6.07, 6.45) is 0. The molecule has 3 N–H and O–H groups in total. The van der Waals surface area contributed by atoms with Gasteiger partial charge in [-0.3, -0.25) is 9.59 Å². The molecule has 2 rings (SSSR count). The van der Waals surface area contributed by atoms with E-state index in [0.29, 0.717) is 11.3 Å². The van der Waals surface area contributed by atoms with Crippen LogP contribution >= 0.6 is 11.8 Å². The van der Waals surface area contributed by atoms with Crippen LogP contribution in [-0.4, -0.2) is 26.5 Å². The number of aryl methyl sites for hydroxylation is 1. The van der Waals surface area contributed by atoms with Crippen molar-refractivity contribution in [3.05, 3.63) is 45.9 Å². The van der Waals surface area contributed by atoms with Crippen molar-refractivity contribution in [3.63, 3.8) is 0 Å². The number of hydrogen-bond donors (Lipinski definition) is 2. The van der Waals surface area contributed by atoms with Gasteiger partial charge in [0.05, 0.1) is 17.4 Å². The fraction of sp³-hybridized carbons (Fsp3) is 0.154. The van der Waals surface area contributed by atoms with E-state index in [-0.39, 0.29) is 22.5 Å². The molecule has 1 aromatic carbocycles. The Labute approximate surface area is 129 Å². The van der Waals surface area contributed by atoms with E-state index in [9.17, 15) is 9.59 Å². The van der Waals surface area contributed by atoms with Gasteiger partial charge in [-0.05, 0) is 25.1 Å². The molecule has 0 fully saturated rings. The summed E-state index contributed by atoms with van der Waals surface area (Å²) in [6.45, 7) is 1.50. The normalized spacial score (nSPS) is 10.0. The van der Waals surface area contributed by atoms with Crippen LogP contribution in [0.1, 0.15) is 11.3 Å². The SMILES string of the molecule is Cc1nnc(SCC(=O)Nc2cccc(C#N)c2)n(N)c1=O. The summed E-state index contributed by atoms with van der Waals surface area (Å²) in [7, 11) is 0. The summed E-state index contributed by atoms with van der Waals surface area (Å²) >= 11 is 0.995. The van der Waals surface area contributed by atoms with E-state index in [2.05, 4.69) is 15.5 Å². The van der Waals surface area contributed by atoms with Crippen molar-refractivity contribution in [2.24, 2.45) is 0 Å². The molecule has 0 saturated carbocycles. The monoisotopic (exact) mass is 316 g/mol. The molecular formula is C13H12N6O2S. The molecule has 8 nitrogen and oxygen atoms in total. The number of carbonyl (C=O) groups excluding carboxylic acids is 1. The number of nitrogens with zero attached hydrogens (tertiary/aromatic N) is 4. The maximum atomic E-state index is 11.9. The Morgan fingerprint density at radius 1 is 1.50 bits per heavy atom. The lowest BCUT2D eigenvalue weighted by Gasteiger charge is -2.07. The number of nitrogen functional groups attached to an aromatic ring is 1. The number of nitrogens with two attached hydrogens (primary N) is 1. The Bertz CT molecular complexity index is 811. The molecule has 0 spiro atoms. The van der Waals surface area contributed by atoms with Crippen LogP contribution in [0.5, 0.6) is 0 Å². The molecule has 0 radical (unpaired) electrons. The summed E-state index contributed by atoms with van der Waals surface area (Å²) in [4.78, 5) is 23.4. The predicted molar refractivity (Wildman–Crippen MR) is 81.7 cm³/mol. The Balaban J connectivity index is 2.00. The second-order valence-electron chi connectivity index (χ2n) is 4.27. The highest BCUT2D eigenvalue weighted by Crippen LogP contribution is 2.14. The van der Waals surface area contributed by atoms with Crippen molar-refractivity contribution < 1.29 is 4.79 Å². The van der Waals surface area contributed by atoms with Crippen LogP contribution in [0, 0.1) is 18.3 Å². The molecule has 112 valence electrons. The van der Waals surface area contributed by atoms with Gasteiger partial charge in [-0.1, -0.05) is 17.8 Å². The highest BCUT2D eigenvalue weighted by Gasteiger charge is 2.10. The number of thioether (sulfide) groups is 1. The second-order valence-corrected chi connectivity index (χ2v) is 5.22. The Morgan fingerprint density at radius 3 is 3.00 bits per heavy atom. The number of nitrogens with one attached hydrogen (secondary N) is 1. The van der Waals surface area contributed by atoms with Crippen molar-refractivity contribution in [3.8, 4) is 6.07 Å². The van der Waals surface area contributed by atoms with Crippen LogP contribution in [0.25, 0.3) is 0 Å². The number of rotatable bonds is 4. The zero-order valence-corrected chi connectivity index (χ0v) is 12.4. The molecule has 1 aromatic heterocycles. The molecule has 22 heavy (non-hydrogen) atoms. The van der Waals surface area contributed by atoms with Gasteiger partial charge in [0.25, 0.3) is 5.56 Å². The first kappa shape index (κ1) is 15.5. The summed E-state index contributed by atoms with van der Waals surface area (Å²) in [5.41, 5.74) is 0.694. The number of carbonyl (C=O) groups is 1. The molecule has 1 amide bonds. The fourth-order valence-corrected chi connectivity index (χ4v) is 2.21. The number of nitriles is 1. The zero-order valence-electron chi connectivity index (χ0n) is 11.6. The van der Waals surface area contributed by atoms with Crippen LogP contribution < -0.4 is 16.7 Å². The summed E-state index contributed by atoms with van der Waals surface area (Å²) in [5, 5.41) is 19.0. The fourth-order valence-electron chi connectivity index (χ4n) is 1.56. The highest BCUT2D eigenvalue weighted by molar-refractivity contribution is 7.99. The van der Waals surface area contributed by atoms with Gasteiger partial charge >= 0.3 is 0 Å². The number of hydrogen-bond acceptors (Lipinski definition) is 7. The summed E-state index contributed by atoms with van der Waals surface area (Å²) < 4.78 is 0.858. The Kier molecular flexibility index (Phi) is 4.75. The van der Waals surface area contributed by atoms with Crippen LogP contribution in [-0.2, 0) is 4.79 Å². The second kappa shape index (κ2) is 6.73. The van der Waals surface area contributed by atoms with Gasteiger partial charge in [-0.2, -0.15) is 9.94 Å². The van der Waals surface area contributed by atoms with Crippen LogP contribution in [0.15, 0.2) is 34.2 Å². The molecule has 2 aromatic rings. The number of amides is 1. The van der Waals surface area contributed by atoms with Crippen LogP contribution in [0.4, 0.5) is 5.69 Å². The van der Waals surface area contributed by atoms with E-state index >= 15 is 0 Å². The number of anilines is 1. The van der Waals surface area contributed by atoms with Crippen LogP contribution in [0.3, 0.4) is 0 Å². The van der Waals surface area contributed by atoms with Gasteiger partial charge < -0.3 is 11.2 Å². The molecule has 0 aliphatic rings. The molecule has 0 unspecified atom stereocenters. The molecule has 1 heterocycles.